The highest BCUT2D eigenvalue weighted by Crippen LogP contribution is 2.38. The summed E-state index contributed by atoms with van der Waals surface area (Å²) in [7, 11) is 0. The van der Waals surface area contributed by atoms with Gasteiger partial charge < -0.3 is 14.8 Å². The van der Waals surface area contributed by atoms with Crippen molar-refractivity contribution in [2.24, 2.45) is 0 Å². The van der Waals surface area contributed by atoms with Crippen molar-refractivity contribution in [1.29, 1.82) is 0 Å². The maximum absolute atomic E-state index is 12.3. The number of rotatable bonds is 7. The second kappa shape index (κ2) is 8.11. The zero-order valence-corrected chi connectivity index (χ0v) is 16.6. The molecule has 5 nitrogen and oxygen atoms in total. The minimum Gasteiger partial charge on any atom is -0.463 e. The molecule has 0 aromatic heterocycles. The second-order valence-electron chi connectivity index (χ2n) is 8.39. The predicted octanol–water partition coefficient (Wildman–Crippen LogP) is 4.25. The SMILES string of the molecule is CC(C)OC(=O)CC1(CCCC(=O)OC(C)(C)C)Cc2ccccc2N1. The van der Waals surface area contributed by atoms with Crippen LogP contribution in [0.3, 0.4) is 0 Å². The normalized spacial score (nSPS) is 19.0. The Hall–Kier alpha value is -2.04. The summed E-state index contributed by atoms with van der Waals surface area (Å²) in [5.41, 5.74) is 1.37. The van der Waals surface area contributed by atoms with E-state index in [1.54, 1.807) is 0 Å². The van der Waals surface area contributed by atoms with Gasteiger partial charge in [-0.1, -0.05) is 18.2 Å². The van der Waals surface area contributed by atoms with Crippen LogP contribution in [0.1, 0.15) is 65.9 Å². The lowest BCUT2D eigenvalue weighted by atomic mass is 9.86. The third-order valence-electron chi connectivity index (χ3n) is 4.25. The third kappa shape index (κ3) is 6.04. The van der Waals surface area contributed by atoms with Gasteiger partial charge in [0, 0.05) is 12.1 Å². The first-order valence-electron chi connectivity index (χ1n) is 9.36. The monoisotopic (exact) mass is 361 g/mol. The van der Waals surface area contributed by atoms with Gasteiger partial charge in [0.25, 0.3) is 0 Å². The van der Waals surface area contributed by atoms with E-state index in [2.05, 4.69) is 11.4 Å². The van der Waals surface area contributed by atoms with Gasteiger partial charge in [-0.3, -0.25) is 9.59 Å². The van der Waals surface area contributed by atoms with E-state index in [1.807, 2.05) is 52.8 Å². The number of carbonyl (C=O) groups is 2. The Labute approximate surface area is 156 Å². The summed E-state index contributed by atoms with van der Waals surface area (Å²) >= 11 is 0. The smallest absolute Gasteiger partial charge is 0.308 e. The summed E-state index contributed by atoms with van der Waals surface area (Å²) in [6, 6.07) is 8.09. The first kappa shape index (κ1) is 20.3. The first-order chi connectivity index (χ1) is 12.1. The zero-order valence-electron chi connectivity index (χ0n) is 16.6. The number of nitrogens with one attached hydrogen (secondary N) is 1. The average Bonchev–Trinajstić information content (AvgIpc) is 2.81. The number of anilines is 1. The van der Waals surface area contributed by atoms with Crippen molar-refractivity contribution in [3.8, 4) is 0 Å². The maximum atomic E-state index is 12.3. The minimum atomic E-state index is -0.475. The molecule has 1 aromatic carbocycles. The van der Waals surface area contributed by atoms with Crippen molar-refractivity contribution in [3.05, 3.63) is 29.8 Å². The lowest BCUT2D eigenvalue weighted by Crippen LogP contribution is -2.39. The van der Waals surface area contributed by atoms with Crippen molar-refractivity contribution in [2.45, 2.75) is 84.0 Å². The summed E-state index contributed by atoms with van der Waals surface area (Å²) < 4.78 is 10.7. The molecule has 0 amide bonds. The van der Waals surface area contributed by atoms with Crippen LogP contribution in [-0.2, 0) is 25.5 Å². The summed E-state index contributed by atoms with van der Waals surface area (Å²) in [6.07, 6.45) is 2.61. The number of carbonyl (C=O) groups excluding carboxylic acids is 2. The number of esters is 2. The molecule has 1 atom stereocenters. The fourth-order valence-electron chi connectivity index (χ4n) is 3.38. The third-order valence-corrected chi connectivity index (χ3v) is 4.25. The Morgan fingerprint density at radius 1 is 1.19 bits per heavy atom. The highest BCUT2D eigenvalue weighted by Gasteiger charge is 2.39. The van der Waals surface area contributed by atoms with E-state index in [0.29, 0.717) is 19.3 Å². The summed E-state index contributed by atoms with van der Waals surface area (Å²) in [5.74, 6) is -0.412. The van der Waals surface area contributed by atoms with Crippen LogP contribution in [0.2, 0.25) is 0 Å². The molecule has 26 heavy (non-hydrogen) atoms. The van der Waals surface area contributed by atoms with E-state index < -0.39 is 11.1 Å². The molecule has 1 heterocycles. The Bertz CT molecular complexity index is 621. The van der Waals surface area contributed by atoms with Gasteiger partial charge in [-0.25, -0.2) is 0 Å². The molecule has 1 N–H and O–H groups in total. The highest BCUT2D eigenvalue weighted by molar-refractivity contribution is 5.74. The van der Waals surface area contributed by atoms with E-state index in [1.165, 1.54) is 5.56 Å². The molecule has 1 aliphatic heterocycles. The maximum Gasteiger partial charge on any atom is 0.308 e. The molecular weight excluding hydrogens is 330 g/mol. The van der Waals surface area contributed by atoms with E-state index >= 15 is 0 Å². The number of para-hydroxylation sites is 1. The van der Waals surface area contributed by atoms with E-state index in [9.17, 15) is 9.59 Å². The Balaban J connectivity index is 2.01. The minimum absolute atomic E-state index is 0.134. The Kier molecular flexibility index (Phi) is 6.32. The van der Waals surface area contributed by atoms with Gasteiger partial charge in [0.1, 0.15) is 5.60 Å². The molecule has 0 fully saturated rings. The zero-order chi connectivity index (χ0) is 19.4. The van der Waals surface area contributed by atoms with Crippen LogP contribution < -0.4 is 5.32 Å². The molecular formula is C21H31NO4. The van der Waals surface area contributed by atoms with Crippen molar-refractivity contribution >= 4 is 17.6 Å². The van der Waals surface area contributed by atoms with Crippen molar-refractivity contribution in [3.63, 3.8) is 0 Å². The number of fused-ring (bicyclic) bond motifs is 1. The van der Waals surface area contributed by atoms with E-state index in [4.69, 9.17) is 9.47 Å². The molecule has 1 aliphatic rings. The molecule has 0 radical (unpaired) electrons. The lowest BCUT2D eigenvalue weighted by Gasteiger charge is -2.30. The Morgan fingerprint density at radius 2 is 1.88 bits per heavy atom. The van der Waals surface area contributed by atoms with Crippen LogP contribution in [0.15, 0.2) is 24.3 Å². The summed E-state index contributed by atoms with van der Waals surface area (Å²) in [6.45, 7) is 9.30. The fourth-order valence-corrected chi connectivity index (χ4v) is 3.38. The largest absolute Gasteiger partial charge is 0.463 e. The lowest BCUT2D eigenvalue weighted by molar-refractivity contribution is -0.154. The van der Waals surface area contributed by atoms with Crippen LogP contribution in [-0.4, -0.2) is 29.2 Å². The van der Waals surface area contributed by atoms with E-state index in [-0.39, 0.29) is 24.5 Å². The molecule has 0 bridgehead atoms. The molecule has 0 saturated heterocycles. The molecule has 0 spiro atoms. The van der Waals surface area contributed by atoms with Crippen LogP contribution in [0.5, 0.6) is 0 Å². The topological polar surface area (TPSA) is 64.6 Å². The summed E-state index contributed by atoms with van der Waals surface area (Å²) in [5, 5.41) is 3.52. The number of hydrogen-bond acceptors (Lipinski definition) is 5. The molecule has 2 rings (SSSR count). The van der Waals surface area contributed by atoms with Crippen LogP contribution in [0.25, 0.3) is 0 Å². The molecule has 144 valence electrons. The fraction of sp³-hybridized carbons (Fsp3) is 0.619. The second-order valence-corrected chi connectivity index (χ2v) is 8.39. The van der Waals surface area contributed by atoms with Crippen LogP contribution >= 0.6 is 0 Å². The predicted molar refractivity (Wildman–Crippen MR) is 102 cm³/mol. The number of hydrogen-bond donors (Lipinski definition) is 1. The highest BCUT2D eigenvalue weighted by atomic mass is 16.6. The van der Waals surface area contributed by atoms with E-state index in [0.717, 1.165) is 12.1 Å². The summed E-state index contributed by atoms with van der Waals surface area (Å²) in [4.78, 5) is 24.3. The van der Waals surface area contributed by atoms with Gasteiger partial charge in [-0.05, 0) is 65.5 Å². The van der Waals surface area contributed by atoms with Crippen LogP contribution in [0, 0.1) is 0 Å². The average molecular weight is 361 g/mol. The molecule has 0 saturated carbocycles. The van der Waals surface area contributed by atoms with Crippen LogP contribution in [0.4, 0.5) is 5.69 Å². The molecule has 1 aromatic rings. The van der Waals surface area contributed by atoms with Gasteiger partial charge in [-0.15, -0.1) is 0 Å². The first-order valence-corrected chi connectivity index (χ1v) is 9.36. The quantitative estimate of drug-likeness (QED) is 0.736. The Morgan fingerprint density at radius 3 is 2.50 bits per heavy atom. The van der Waals surface area contributed by atoms with Crippen molar-refractivity contribution in [1.82, 2.24) is 0 Å². The van der Waals surface area contributed by atoms with Crippen molar-refractivity contribution in [2.75, 3.05) is 5.32 Å². The molecule has 1 unspecified atom stereocenters. The molecule has 5 heteroatoms. The number of ether oxygens (including phenoxy) is 2. The van der Waals surface area contributed by atoms with Crippen molar-refractivity contribution < 1.29 is 19.1 Å². The molecule has 0 aliphatic carbocycles. The van der Waals surface area contributed by atoms with Gasteiger partial charge in [0.05, 0.1) is 18.1 Å². The van der Waals surface area contributed by atoms with Gasteiger partial charge in [-0.2, -0.15) is 0 Å². The van der Waals surface area contributed by atoms with Gasteiger partial charge in [0.2, 0.25) is 0 Å². The standard InChI is InChI=1S/C21H31NO4/c1-15(2)25-19(24)14-21(12-8-11-18(23)26-20(3,4)5)13-16-9-6-7-10-17(16)22-21/h6-7,9-10,15,22H,8,11-14H2,1-5H3. The number of benzene rings is 1. The van der Waals surface area contributed by atoms with Gasteiger partial charge in [0.15, 0.2) is 0 Å². The van der Waals surface area contributed by atoms with Gasteiger partial charge >= 0.3 is 11.9 Å².